The maximum Gasteiger partial charge on any atom is 0.319 e. The molecule has 0 spiro atoms. The highest BCUT2D eigenvalue weighted by Gasteiger charge is 2.19. The number of nitrogens with zero attached hydrogens (tertiary/aromatic N) is 6. The molecule has 302 valence electrons. The number of amides is 4. The zero-order valence-corrected chi connectivity index (χ0v) is 33.4. The molecule has 2 unspecified atom stereocenters. The second-order valence-electron chi connectivity index (χ2n) is 15.0. The lowest BCUT2D eigenvalue weighted by Gasteiger charge is -2.14. The van der Waals surface area contributed by atoms with Crippen LogP contribution >= 0.6 is 0 Å². The van der Waals surface area contributed by atoms with Gasteiger partial charge in [0.25, 0.3) is 0 Å². The molecule has 8 N–H and O–H groups in total. The van der Waals surface area contributed by atoms with Gasteiger partial charge in [-0.2, -0.15) is 0 Å². The zero-order chi connectivity index (χ0) is 40.4. The number of imidazole rings is 2. The van der Waals surface area contributed by atoms with Crippen LogP contribution in [-0.2, 0) is 13.1 Å². The molecule has 14 nitrogen and oxygen atoms in total. The van der Waals surface area contributed by atoms with Gasteiger partial charge in [-0.3, -0.25) is 9.97 Å². The Balaban J connectivity index is 0.844. The first-order chi connectivity index (χ1) is 28.3. The standard InChI is InChI=1S/C44H54N12O2/c1-29(18-20-45)37-39-41(33-14-3-5-16-35(33)53-37)55(27-49-39)24-9-7-22-47-43(57)51-31-12-11-13-32(26-31)52-44(58)48-23-8-10-25-56-28-50-40-38(30(2)19-21-46)54-36-17-6-4-15-34(36)42(40)56/h3-6,11-17,26-30H,7-10,18-25,45-46H2,1-2H3,(H2,47,51,57)(H2,48,52,58). The molecular formula is C44H54N12O2. The van der Waals surface area contributed by atoms with Crippen LogP contribution in [0.1, 0.15) is 75.6 Å². The summed E-state index contributed by atoms with van der Waals surface area (Å²) < 4.78 is 4.38. The van der Waals surface area contributed by atoms with Crippen molar-refractivity contribution >= 4 is 67.3 Å². The second-order valence-corrected chi connectivity index (χ2v) is 15.0. The lowest BCUT2D eigenvalue weighted by molar-refractivity contribution is 0.251. The van der Waals surface area contributed by atoms with Crippen molar-refractivity contribution in [2.24, 2.45) is 11.5 Å². The van der Waals surface area contributed by atoms with E-state index in [0.717, 1.165) is 107 Å². The molecule has 2 atom stereocenters. The van der Waals surface area contributed by atoms with Gasteiger partial charge in [0, 0.05) is 60.2 Å². The van der Waals surface area contributed by atoms with Crippen LogP contribution in [-0.4, -0.2) is 67.3 Å². The Bertz CT molecular complexity index is 2340. The molecule has 0 saturated heterocycles. The Hall–Kier alpha value is -6.12. The zero-order valence-electron chi connectivity index (χ0n) is 33.4. The number of benzene rings is 3. The van der Waals surface area contributed by atoms with E-state index in [1.54, 1.807) is 24.3 Å². The quantitative estimate of drug-likeness (QED) is 0.0479. The Kier molecular flexibility index (Phi) is 13.1. The number of urea groups is 2. The van der Waals surface area contributed by atoms with Gasteiger partial charge in [0.2, 0.25) is 0 Å². The van der Waals surface area contributed by atoms with Gasteiger partial charge >= 0.3 is 12.1 Å². The average Bonchev–Trinajstić information content (AvgIpc) is 3.85. The fraction of sp³-hybridized carbons (Fsp3) is 0.364. The Morgan fingerprint density at radius 1 is 0.621 bits per heavy atom. The number of para-hydroxylation sites is 2. The minimum absolute atomic E-state index is 0.208. The van der Waals surface area contributed by atoms with Crippen LogP contribution in [0.2, 0.25) is 0 Å². The Labute approximate surface area is 338 Å². The van der Waals surface area contributed by atoms with Crippen molar-refractivity contribution in [1.29, 1.82) is 0 Å². The summed E-state index contributed by atoms with van der Waals surface area (Å²) in [4.78, 5) is 44.9. The summed E-state index contributed by atoms with van der Waals surface area (Å²) >= 11 is 0. The van der Waals surface area contributed by atoms with Crippen molar-refractivity contribution < 1.29 is 9.59 Å². The molecule has 0 aliphatic carbocycles. The van der Waals surface area contributed by atoms with Gasteiger partial charge in [0.15, 0.2) is 0 Å². The molecule has 0 aliphatic heterocycles. The predicted octanol–water partition coefficient (Wildman–Crippen LogP) is 7.59. The van der Waals surface area contributed by atoms with Crippen LogP contribution in [0.3, 0.4) is 0 Å². The molecule has 7 aromatic rings. The lowest BCUT2D eigenvalue weighted by Crippen LogP contribution is -2.30. The van der Waals surface area contributed by atoms with Gasteiger partial charge < -0.3 is 41.9 Å². The van der Waals surface area contributed by atoms with E-state index in [-0.39, 0.29) is 23.9 Å². The van der Waals surface area contributed by atoms with E-state index in [1.165, 1.54) is 0 Å². The van der Waals surface area contributed by atoms with Crippen LogP contribution < -0.4 is 32.7 Å². The third-order valence-electron chi connectivity index (χ3n) is 10.7. The highest BCUT2D eigenvalue weighted by molar-refractivity contribution is 6.04. The van der Waals surface area contributed by atoms with Gasteiger partial charge in [-0.15, -0.1) is 0 Å². The molecule has 3 aromatic carbocycles. The van der Waals surface area contributed by atoms with Crippen LogP contribution in [0.15, 0.2) is 85.5 Å². The third-order valence-corrected chi connectivity index (χ3v) is 10.7. The molecule has 4 heterocycles. The van der Waals surface area contributed by atoms with Crippen LogP contribution in [0, 0.1) is 0 Å². The van der Waals surface area contributed by atoms with Crippen LogP contribution in [0.4, 0.5) is 21.0 Å². The van der Waals surface area contributed by atoms with Crippen molar-refractivity contribution in [1.82, 2.24) is 39.7 Å². The van der Waals surface area contributed by atoms with Crippen LogP contribution in [0.5, 0.6) is 0 Å². The first kappa shape index (κ1) is 40.1. The number of carbonyl (C=O) groups excluding carboxylic acids is 2. The summed E-state index contributed by atoms with van der Waals surface area (Å²) in [6, 6.07) is 22.8. The fourth-order valence-corrected chi connectivity index (χ4v) is 7.66. The van der Waals surface area contributed by atoms with Gasteiger partial charge in [-0.1, -0.05) is 56.3 Å². The molecule has 4 amide bonds. The monoisotopic (exact) mass is 782 g/mol. The van der Waals surface area contributed by atoms with Crippen molar-refractivity contribution in [3.63, 3.8) is 0 Å². The smallest absolute Gasteiger partial charge is 0.319 e. The predicted molar refractivity (Wildman–Crippen MR) is 233 cm³/mol. The number of pyridine rings is 2. The Morgan fingerprint density at radius 3 is 1.52 bits per heavy atom. The Morgan fingerprint density at radius 2 is 1.07 bits per heavy atom. The van der Waals surface area contributed by atoms with Gasteiger partial charge in [0.1, 0.15) is 11.0 Å². The molecule has 0 saturated carbocycles. The topological polar surface area (TPSA) is 196 Å². The number of carbonyl (C=O) groups is 2. The van der Waals surface area contributed by atoms with Crippen molar-refractivity contribution in [3.8, 4) is 0 Å². The van der Waals surface area contributed by atoms with E-state index in [9.17, 15) is 9.59 Å². The van der Waals surface area contributed by atoms with E-state index in [0.29, 0.717) is 37.6 Å². The van der Waals surface area contributed by atoms with E-state index in [1.807, 2.05) is 49.1 Å². The highest BCUT2D eigenvalue weighted by Crippen LogP contribution is 2.32. The molecule has 7 rings (SSSR count). The molecule has 14 heteroatoms. The van der Waals surface area contributed by atoms with Gasteiger partial charge in [0.05, 0.1) is 46.1 Å². The number of hydrogen-bond acceptors (Lipinski definition) is 8. The van der Waals surface area contributed by atoms with Crippen molar-refractivity contribution in [2.75, 3.05) is 36.8 Å². The average molecular weight is 783 g/mol. The van der Waals surface area contributed by atoms with E-state index >= 15 is 0 Å². The largest absolute Gasteiger partial charge is 0.338 e. The first-order valence-electron chi connectivity index (χ1n) is 20.4. The van der Waals surface area contributed by atoms with Gasteiger partial charge in [-0.05, 0) is 81.9 Å². The summed E-state index contributed by atoms with van der Waals surface area (Å²) in [5, 5.41) is 13.8. The maximum atomic E-state index is 12.7. The summed E-state index contributed by atoms with van der Waals surface area (Å²) in [5.74, 6) is 0.416. The normalized spacial score (nSPS) is 12.6. The van der Waals surface area contributed by atoms with E-state index in [4.69, 9.17) is 31.4 Å². The van der Waals surface area contributed by atoms with Gasteiger partial charge in [-0.25, -0.2) is 19.6 Å². The molecule has 0 bridgehead atoms. The molecule has 0 radical (unpaired) electrons. The van der Waals surface area contributed by atoms with Crippen LogP contribution in [0.25, 0.3) is 43.9 Å². The summed E-state index contributed by atoms with van der Waals surface area (Å²) in [6.07, 6.45) is 8.77. The van der Waals surface area contributed by atoms with Crippen molar-refractivity contribution in [3.05, 3.63) is 96.8 Å². The highest BCUT2D eigenvalue weighted by atomic mass is 16.2. The number of anilines is 2. The number of nitrogens with two attached hydrogens (primary N) is 2. The number of rotatable bonds is 18. The number of hydrogen-bond donors (Lipinski definition) is 6. The third kappa shape index (κ3) is 9.19. The summed E-state index contributed by atoms with van der Waals surface area (Å²) in [5.41, 5.74) is 20.8. The van der Waals surface area contributed by atoms with E-state index in [2.05, 4.69) is 56.4 Å². The SMILES string of the molecule is CC(CCN)c1nc2ccccc2c2c1ncn2CCCCNC(=O)Nc1cccc(NC(=O)NCCCCn2cnc3c(C(C)CCN)nc4ccccc4c32)c1. The molecule has 4 aromatic heterocycles. The lowest BCUT2D eigenvalue weighted by atomic mass is 10.0. The van der Waals surface area contributed by atoms with E-state index < -0.39 is 0 Å². The fourth-order valence-electron chi connectivity index (χ4n) is 7.66. The van der Waals surface area contributed by atoms with Crippen molar-refractivity contribution in [2.45, 2.75) is 77.3 Å². The molecule has 58 heavy (non-hydrogen) atoms. The number of aryl methyl sites for hydroxylation is 2. The summed E-state index contributed by atoms with van der Waals surface area (Å²) in [7, 11) is 0. The maximum absolute atomic E-state index is 12.7. The molecule has 0 fully saturated rings. The molecule has 0 aliphatic rings. The minimum atomic E-state index is -0.304. The number of unbranched alkanes of at least 4 members (excludes halogenated alkanes) is 2. The first-order valence-corrected chi connectivity index (χ1v) is 20.4. The summed E-state index contributed by atoms with van der Waals surface area (Å²) in [6.45, 7) is 8.05. The number of nitrogens with one attached hydrogen (secondary N) is 4. The second kappa shape index (κ2) is 18.9. The number of fused-ring (bicyclic) bond motifs is 6. The number of aromatic nitrogens is 6. The molecular weight excluding hydrogens is 729 g/mol. The minimum Gasteiger partial charge on any atom is -0.338 e.